The van der Waals surface area contributed by atoms with Gasteiger partial charge in [-0.3, -0.25) is 14.6 Å². The van der Waals surface area contributed by atoms with Crippen LogP contribution in [0.3, 0.4) is 0 Å². The summed E-state index contributed by atoms with van der Waals surface area (Å²) < 4.78 is 0. The van der Waals surface area contributed by atoms with Crippen molar-refractivity contribution in [2.45, 2.75) is 127 Å². The molecule has 0 radical (unpaired) electrons. The maximum atomic E-state index is 12.3. The third-order valence-electron chi connectivity index (χ3n) is 6.55. The highest BCUT2D eigenvalue weighted by atomic mass is 32.2. The van der Waals surface area contributed by atoms with E-state index in [0.29, 0.717) is 26.7 Å². The second-order valence-electron chi connectivity index (χ2n) is 12.9. The van der Waals surface area contributed by atoms with Gasteiger partial charge in [0.25, 0.3) is 0 Å². The molecule has 2 heterocycles. The largest absolute Gasteiger partial charge is 0.294 e. The number of hydrogen-bond donors (Lipinski definition) is 0. The number of carbonyl (C=O) groups is 2. The molecule has 6 nitrogen and oxygen atoms in total. The molecule has 3 rings (SSSR count). The molecule has 1 aromatic carbocycles. The lowest BCUT2D eigenvalue weighted by Crippen LogP contribution is -2.13. The molecule has 0 aliphatic heterocycles. The minimum Gasteiger partial charge on any atom is -0.294 e. The first-order valence-corrected chi connectivity index (χ1v) is 20.5. The first kappa shape index (κ1) is 40.6. The molecule has 0 spiro atoms. The highest BCUT2D eigenvalue weighted by molar-refractivity contribution is 7.99. The number of Topliss-reactive ketones (excluding diaryl/α,β-unsaturated/α-hetero) is 2. The van der Waals surface area contributed by atoms with Crippen molar-refractivity contribution in [3.8, 4) is 0 Å². The van der Waals surface area contributed by atoms with Crippen LogP contribution in [0.2, 0.25) is 0 Å². The zero-order valence-electron chi connectivity index (χ0n) is 29.8. The van der Waals surface area contributed by atoms with E-state index in [4.69, 9.17) is 9.97 Å². The summed E-state index contributed by atoms with van der Waals surface area (Å²) in [7, 11) is 0. The van der Waals surface area contributed by atoms with E-state index in [9.17, 15) is 9.59 Å². The van der Waals surface area contributed by atoms with E-state index in [1.54, 1.807) is 6.20 Å². The molecule has 254 valence electrons. The maximum absolute atomic E-state index is 12.3. The van der Waals surface area contributed by atoms with E-state index in [0.717, 1.165) is 62.4 Å². The standard InChI is InChI=1S/C20H28N2OS2.C16H26N2OS2/c1-12(2)20(23)15-7-8-16-17(9-15)22-19(11-25-14(5)6)18(21-16)10-24-13(3)4;1-10(2)16(19)13-7-17-14(8-20-11(3)4)15(18-13)9-21-12(5)6/h7-9,12-14H,10-11H2,1-6H3;7,10-12H,8-9H2,1-6H3. The third kappa shape index (κ3) is 13.9. The average Bonchev–Trinajstić information content (AvgIpc) is 2.99. The molecule has 0 unspecified atom stereocenters. The lowest BCUT2D eigenvalue weighted by molar-refractivity contribution is 0.0929. The van der Waals surface area contributed by atoms with Gasteiger partial charge in [-0.1, -0.05) is 83.1 Å². The number of hydrogen-bond acceptors (Lipinski definition) is 10. The Labute approximate surface area is 295 Å². The number of carbonyl (C=O) groups excluding carboxylic acids is 2. The van der Waals surface area contributed by atoms with Gasteiger partial charge in [0.1, 0.15) is 5.69 Å². The number of aromatic nitrogens is 4. The Hall–Kier alpha value is -1.62. The Balaban J connectivity index is 0.000000326. The summed E-state index contributed by atoms with van der Waals surface area (Å²) in [4.78, 5) is 43.2. The van der Waals surface area contributed by atoms with Crippen LogP contribution in [0.1, 0.15) is 127 Å². The third-order valence-corrected chi connectivity index (χ3v) is 11.0. The van der Waals surface area contributed by atoms with Crippen molar-refractivity contribution in [2.75, 3.05) is 0 Å². The molecule has 3 aromatic rings. The fraction of sp³-hybridized carbons (Fsp3) is 0.611. The summed E-state index contributed by atoms with van der Waals surface area (Å²) in [6, 6.07) is 5.70. The molecule has 0 saturated heterocycles. The van der Waals surface area contributed by atoms with Gasteiger partial charge in [0.2, 0.25) is 0 Å². The molecule has 2 aromatic heterocycles. The van der Waals surface area contributed by atoms with Crippen LogP contribution in [0.25, 0.3) is 11.0 Å². The molecular weight excluding hydrogens is 649 g/mol. The van der Waals surface area contributed by atoms with Crippen molar-refractivity contribution in [3.63, 3.8) is 0 Å². The monoisotopic (exact) mass is 702 g/mol. The summed E-state index contributed by atoms with van der Waals surface area (Å²) in [6.45, 7) is 25.1. The molecule has 0 atom stereocenters. The first-order valence-electron chi connectivity index (χ1n) is 16.3. The van der Waals surface area contributed by atoms with Crippen molar-refractivity contribution >= 4 is 69.6 Å². The number of thioether (sulfide) groups is 4. The van der Waals surface area contributed by atoms with E-state index in [1.165, 1.54) is 0 Å². The number of nitrogens with zero attached hydrogens (tertiary/aromatic N) is 4. The predicted molar refractivity (Wildman–Crippen MR) is 206 cm³/mol. The topological polar surface area (TPSA) is 85.7 Å². The van der Waals surface area contributed by atoms with Crippen molar-refractivity contribution in [1.82, 2.24) is 19.9 Å². The average molecular weight is 703 g/mol. The Kier molecular flexibility index (Phi) is 17.7. The Morgan fingerprint density at radius 1 is 0.543 bits per heavy atom. The second-order valence-corrected chi connectivity index (χ2v) is 19.2. The summed E-state index contributed by atoms with van der Waals surface area (Å²) in [5.74, 6) is 3.58. The van der Waals surface area contributed by atoms with Crippen LogP contribution in [0, 0.1) is 11.8 Å². The van der Waals surface area contributed by atoms with E-state index >= 15 is 0 Å². The van der Waals surface area contributed by atoms with Crippen LogP contribution < -0.4 is 0 Å². The second kappa shape index (κ2) is 20.0. The minimum atomic E-state index is -0.0409. The van der Waals surface area contributed by atoms with E-state index in [1.807, 2.05) is 92.9 Å². The van der Waals surface area contributed by atoms with Gasteiger partial charge in [0.15, 0.2) is 11.6 Å². The van der Waals surface area contributed by atoms with Gasteiger partial charge in [-0.25, -0.2) is 15.0 Å². The number of benzene rings is 1. The van der Waals surface area contributed by atoms with Crippen molar-refractivity contribution < 1.29 is 9.59 Å². The molecule has 0 N–H and O–H groups in total. The fourth-order valence-electron chi connectivity index (χ4n) is 3.93. The van der Waals surface area contributed by atoms with Crippen molar-refractivity contribution in [3.05, 3.63) is 58.4 Å². The van der Waals surface area contributed by atoms with Crippen LogP contribution in [0.15, 0.2) is 24.4 Å². The van der Waals surface area contributed by atoms with Crippen molar-refractivity contribution in [2.24, 2.45) is 11.8 Å². The van der Waals surface area contributed by atoms with Gasteiger partial charge in [0.05, 0.1) is 40.0 Å². The number of rotatable bonds is 16. The lowest BCUT2D eigenvalue weighted by Gasteiger charge is -2.13. The molecule has 0 fully saturated rings. The quantitative estimate of drug-likeness (QED) is 0.134. The molecule has 10 heteroatoms. The summed E-state index contributed by atoms with van der Waals surface area (Å²) >= 11 is 7.46. The SMILES string of the molecule is CC(C)SCc1nc2ccc(C(=O)C(C)C)cc2nc1CSC(C)C.CC(C)SCc1ncc(C(=O)C(C)C)nc1CSC(C)C. The summed E-state index contributed by atoms with van der Waals surface area (Å²) in [5.41, 5.74) is 7.03. The Morgan fingerprint density at radius 3 is 1.39 bits per heavy atom. The molecule has 0 aliphatic carbocycles. The molecule has 46 heavy (non-hydrogen) atoms. The van der Waals surface area contributed by atoms with Gasteiger partial charge < -0.3 is 0 Å². The zero-order chi connectivity index (χ0) is 34.6. The summed E-state index contributed by atoms with van der Waals surface area (Å²) in [6.07, 6.45) is 1.64. The molecular formula is C36H54N4O2S4. The van der Waals surface area contributed by atoms with E-state index in [2.05, 4.69) is 65.4 Å². The van der Waals surface area contributed by atoms with Crippen LogP contribution >= 0.6 is 47.0 Å². The van der Waals surface area contributed by atoms with Gasteiger partial charge in [-0.15, -0.1) is 0 Å². The maximum Gasteiger partial charge on any atom is 0.185 e. The number of ketones is 2. The van der Waals surface area contributed by atoms with Gasteiger partial charge in [0, 0.05) is 40.4 Å². The van der Waals surface area contributed by atoms with Crippen LogP contribution in [0.5, 0.6) is 0 Å². The Morgan fingerprint density at radius 2 is 0.957 bits per heavy atom. The number of fused-ring (bicyclic) bond motifs is 1. The van der Waals surface area contributed by atoms with Crippen LogP contribution in [0.4, 0.5) is 0 Å². The highest BCUT2D eigenvalue weighted by Gasteiger charge is 2.17. The molecule has 0 saturated carbocycles. The first-order chi connectivity index (χ1) is 21.6. The van der Waals surface area contributed by atoms with E-state index < -0.39 is 0 Å². The highest BCUT2D eigenvalue weighted by Crippen LogP contribution is 2.26. The van der Waals surface area contributed by atoms with Gasteiger partial charge in [-0.05, 0) is 39.2 Å². The van der Waals surface area contributed by atoms with Crippen LogP contribution in [-0.2, 0) is 23.0 Å². The smallest absolute Gasteiger partial charge is 0.185 e. The summed E-state index contributed by atoms with van der Waals surface area (Å²) in [5, 5.41) is 2.22. The molecule has 0 amide bonds. The lowest BCUT2D eigenvalue weighted by atomic mass is 10.0. The predicted octanol–water partition coefficient (Wildman–Crippen LogP) is 10.4. The fourth-order valence-corrected chi connectivity index (χ4v) is 6.83. The van der Waals surface area contributed by atoms with Gasteiger partial charge in [-0.2, -0.15) is 47.0 Å². The van der Waals surface area contributed by atoms with Crippen LogP contribution in [-0.4, -0.2) is 52.5 Å². The van der Waals surface area contributed by atoms with Gasteiger partial charge >= 0.3 is 0 Å². The zero-order valence-corrected chi connectivity index (χ0v) is 33.1. The minimum absolute atomic E-state index is 0.0110. The normalized spacial score (nSPS) is 11.8. The Bertz CT molecular complexity index is 1420. The molecule has 0 aliphatic rings. The van der Waals surface area contributed by atoms with E-state index in [-0.39, 0.29) is 23.4 Å². The molecule has 0 bridgehead atoms. The van der Waals surface area contributed by atoms with Crippen molar-refractivity contribution in [1.29, 1.82) is 0 Å².